The third-order valence-corrected chi connectivity index (χ3v) is 3.82. The van der Waals surface area contributed by atoms with Crippen molar-refractivity contribution < 1.29 is 15.0 Å². The Balaban J connectivity index is 2.31. The Bertz CT molecular complexity index is 584. The van der Waals surface area contributed by atoms with Crippen molar-refractivity contribution in [1.29, 1.82) is 0 Å². The zero-order valence-electron chi connectivity index (χ0n) is 10.4. The lowest BCUT2D eigenvalue weighted by molar-refractivity contribution is -0.136. The van der Waals surface area contributed by atoms with Crippen molar-refractivity contribution in [3.05, 3.63) is 30.6 Å². The number of nitrogens with zero attached hydrogens (tertiary/aromatic N) is 2. The molecule has 0 unspecified atom stereocenters. The molecule has 2 N–H and O–H groups in total. The quantitative estimate of drug-likeness (QED) is 0.642. The van der Waals surface area contributed by atoms with Gasteiger partial charge in [-0.25, -0.2) is 9.97 Å². The van der Waals surface area contributed by atoms with Crippen molar-refractivity contribution >= 4 is 28.6 Å². The van der Waals surface area contributed by atoms with E-state index in [9.17, 15) is 15.0 Å². The third kappa shape index (κ3) is 3.42. The summed E-state index contributed by atoms with van der Waals surface area (Å²) in [6.45, 7) is 1.58. The largest absolute Gasteiger partial charge is 0.480 e. The van der Waals surface area contributed by atoms with Gasteiger partial charge in [0.05, 0.1) is 11.6 Å². The lowest BCUT2D eigenvalue weighted by Gasteiger charge is -2.13. The molecule has 6 heteroatoms. The van der Waals surface area contributed by atoms with Crippen LogP contribution in [0.4, 0.5) is 0 Å². The molecule has 100 valence electrons. The van der Waals surface area contributed by atoms with Gasteiger partial charge in [-0.05, 0) is 19.4 Å². The first kappa shape index (κ1) is 13.8. The van der Waals surface area contributed by atoms with Crippen LogP contribution in [-0.4, -0.2) is 37.5 Å². The number of aliphatic carboxylic acids is 1. The van der Waals surface area contributed by atoms with Crippen LogP contribution < -0.4 is 0 Å². The molecule has 0 saturated heterocycles. The molecule has 2 rings (SSSR count). The highest BCUT2D eigenvalue weighted by atomic mass is 32.2. The van der Waals surface area contributed by atoms with Gasteiger partial charge in [0, 0.05) is 5.39 Å². The van der Waals surface area contributed by atoms with E-state index in [0.29, 0.717) is 5.03 Å². The lowest BCUT2D eigenvalue weighted by Crippen LogP contribution is -2.21. The van der Waals surface area contributed by atoms with E-state index in [4.69, 9.17) is 0 Å². The monoisotopic (exact) mass is 278 g/mol. The zero-order chi connectivity index (χ0) is 13.8. The Morgan fingerprint density at radius 3 is 2.79 bits per heavy atom. The summed E-state index contributed by atoms with van der Waals surface area (Å²) in [5, 5.41) is 19.3. The van der Waals surface area contributed by atoms with Gasteiger partial charge in [-0.2, -0.15) is 0 Å². The average molecular weight is 278 g/mol. The molecule has 0 saturated carbocycles. The fourth-order valence-electron chi connectivity index (χ4n) is 1.72. The van der Waals surface area contributed by atoms with E-state index in [1.807, 2.05) is 24.3 Å². The zero-order valence-corrected chi connectivity index (χ0v) is 11.2. The maximum atomic E-state index is 11.2. The number of aliphatic hydroxyl groups is 1. The summed E-state index contributed by atoms with van der Waals surface area (Å²) in [7, 11) is 0. The first-order chi connectivity index (χ1) is 9.08. The average Bonchev–Trinajstić information content (AvgIpc) is 2.37. The van der Waals surface area contributed by atoms with Crippen molar-refractivity contribution in [1.82, 2.24) is 9.97 Å². The minimum Gasteiger partial charge on any atom is -0.480 e. The number of carboxylic acid groups (broad SMARTS) is 1. The lowest BCUT2D eigenvalue weighted by atomic mass is 10.2. The molecule has 2 atom stereocenters. The summed E-state index contributed by atoms with van der Waals surface area (Å²) >= 11 is 1.14. The van der Waals surface area contributed by atoms with Crippen molar-refractivity contribution in [3.63, 3.8) is 0 Å². The molecule has 0 aliphatic carbocycles. The molecule has 0 spiro atoms. The predicted octanol–water partition coefficient (Wildman–Crippen LogP) is 1.95. The molecule has 1 aromatic heterocycles. The molecule has 19 heavy (non-hydrogen) atoms. The van der Waals surface area contributed by atoms with Gasteiger partial charge in [0.25, 0.3) is 0 Å². The third-order valence-electron chi connectivity index (χ3n) is 2.59. The van der Waals surface area contributed by atoms with E-state index >= 15 is 0 Å². The van der Waals surface area contributed by atoms with Crippen LogP contribution in [0.2, 0.25) is 0 Å². The SMILES string of the molecule is C[C@H](O)C[C@@H](Sc1ncnc2ccccc12)C(=O)O. The molecule has 1 heterocycles. The summed E-state index contributed by atoms with van der Waals surface area (Å²) in [6, 6.07) is 7.44. The van der Waals surface area contributed by atoms with Gasteiger partial charge in [-0.3, -0.25) is 4.79 Å². The molecule has 5 nitrogen and oxygen atoms in total. The van der Waals surface area contributed by atoms with Crippen molar-refractivity contribution in [3.8, 4) is 0 Å². The minimum atomic E-state index is -0.950. The van der Waals surface area contributed by atoms with Crippen LogP contribution >= 0.6 is 11.8 Å². The summed E-state index contributed by atoms with van der Waals surface area (Å²) in [5.41, 5.74) is 0.779. The normalized spacial score (nSPS) is 14.2. The maximum Gasteiger partial charge on any atom is 0.317 e. The topological polar surface area (TPSA) is 83.3 Å². The Morgan fingerprint density at radius 2 is 2.11 bits per heavy atom. The molecule has 0 bridgehead atoms. The predicted molar refractivity (Wildman–Crippen MR) is 73.1 cm³/mol. The van der Waals surface area contributed by atoms with Crippen LogP contribution in [0.3, 0.4) is 0 Å². The fourth-order valence-corrected chi connectivity index (χ4v) is 2.87. The van der Waals surface area contributed by atoms with E-state index in [1.165, 1.54) is 6.33 Å². The highest BCUT2D eigenvalue weighted by Crippen LogP contribution is 2.30. The van der Waals surface area contributed by atoms with Crippen LogP contribution in [0.5, 0.6) is 0 Å². The van der Waals surface area contributed by atoms with E-state index < -0.39 is 17.3 Å². The molecule has 0 aliphatic heterocycles. The number of aromatic nitrogens is 2. The van der Waals surface area contributed by atoms with Gasteiger partial charge in [0.15, 0.2) is 0 Å². The molecule has 0 aliphatic rings. The van der Waals surface area contributed by atoms with Gasteiger partial charge < -0.3 is 10.2 Å². The first-order valence-electron chi connectivity index (χ1n) is 5.85. The van der Waals surface area contributed by atoms with Gasteiger partial charge in [0.2, 0.25) is 0 Å². The summed E-state index contributed by atoms with van der Waals surface area (Å²) in [5.74, 6) is -0.950. The maximum absolute atomic E-state index is 11.2. The van der Waals surface area contributed by atoms with Crippen molar-refractivity contribution in [2.45, 2.75) is 29.7 Å². The van der Waals surface area contributed by atoms with Crippen LogP contribution in [0.25, 0.3) is 10.9 Å². The number of rotatable bonds is 5. The van der Waals surface area contributed by atoms with Crippen molar-refractivity contribution in [2.75, 3.05) is 0 Å². The van der Waals surface area contributed by atoms with Crippen molar-refractivity contribution in [2.24, 2.45) is 0 Å². The van der Waals surface area contributed by atoms with Crippen LogP contribution in [0.15, 0.2) is 35.6 Å². The molecule has 0 amide bonds. The van der Waals surface area contributed by atoms with E-state index in [1.54, 1.807) is 6.92 Å². The number of carbonyl (C=O) groups is 1. The molecule has 1 aromatic carbocycles. The summed E-state index contributed by atoms with van der Waals surface area (Å²) < 4.78 is 0. The second kappa shape index (κ2) is 5.99. The van der Waals surface area contributed by atoms with E-state index in [-0.39, 0.29) is 6.42 Å². The number of thioether (sulfide) groups is 1. The number of fused-ring (bicyclic) bond motifs is 1. The highest BCUT2D eigenvalue weighted by Gasteiger charge is 2.22. The first-order valence-corrected chi connectivity index (χ1v) is 6.73. The number of benzene rings is 1. The van der Waals surface area contributed by atoms with Crippen LogP contribution in [-0.2, 0) is 4.79 Å². The smallest absolute Gasteiger partial charge is 0.317 e. The number of aliphatic hydroxyl groups excluding tert-OH is 1. The van der Waals surface area contributed by atoms with Crippen LogP contribution in [0.1, 0.15) is 13.3 Å². The highest BCUT2D eigenvalue weighted by molar-refractivity contribution is 8.00. The Morgan fingerprint density at radius 1 is 1.37 bits per heavy atom. The van der Waals surface area contributed by atoms with E-state index in [2.05, 4.69) is 9.97 Å². The van der Waals surface area contributed by atoms with Gasteiger partial charge in [-0.15, -0.1) is 0 Å². The molecule has 2 aromatic rings. The molecular formula is C13H14N2O3S. The standard InChI is InChI=1S/C13H14N2O3S/c1-8(16)6-11(13(17)18)19-12-9-4-2-3-5-10(9)14-7-15-12/h2-5,7-8,11,16H,6H2,1H3,(H,17,18)/t8-,11+/m0/s1. The van der Waals surface area contributed by atoms with E-state index in [0.717, 1.165) is 22.7 Å². The number of hydrogen-bond donors (Lipinski definition) is 2. The number of para-hydroxylation sites is 1. The molecule has 0 fully saturated rings. The second-order valence-electron chi connectivity index (χ2n) is 4.23. The number of hydrogen-bond acceptors (Lipinski definition) is 5. The number of carboxylic acids is 1. The molecular weight excluding hydrogens is 264 g/mol. The molecule has 0 radical (unpaired) electrons. The van der Waals surface area contributed by atoms with Gasteiger partial charge in [-0.1, -0.05) is 30.0 Å². The van der Waals surface area contributed by atoms with Gasteiger partial charge >= 0.3 is 5.97 Å². The second-order valence-corrected chi connectivity index (χ2v) is 5.42. The van der Waals surface area contributed by atoms with Gasteiger partial charge in [0.1, 0.15) is 16.6 Å². The summed E-state index contributed by atoms with van der Waals surface area (Å²) in [4.78, 5) is 19.5. The minimum absolute atomic E-state index is 0.179. The van der Waals surface area contributed by atoms with Crippen LogP contribution in [0, 0.1) is 0 Å². The Kier molecular flexibility index (Phi) is 4.34. The fraction of sp³-hybridized carbons (Fsp3) is 0.308. The Hall–Kier alpha value is -1.66. The Labute approximate surface area is 114 Å². The summed E-state index contributed by atoms with van der Waals surface area (Å²) in [6.07, 6.45) is 0.936.